The zero-order valence-corrected chi connectivity index (χ0v) is 27.2. The lowest BCUT2D eigenvalue weighted by molar-refractivity contribution is -0.120. The molecule has 4 aromatic carbocycles. The number of rotatable bonds is 8. The second-order valence-electron chi connectivity index (χ2n) is 8.51. The Balaban J connectivity index is 2.14. The van der Waals surface area contributed by atoms with Crippen molar-refractivity contribution in [2.45, 2.75) is 13.4 Å². The van der Waals surface area contributed by atoms with Crippen LogP contribution in [0.3, 0.4) is 0 Å². The van der Waals surface area contributed by atoms with Crippen molar-refractivity contribution in [1.82, 2.24) is 5.32 Å². The van der Waals surface area contributed by atoms with Gasteiger partial charge in [0.2, 0.25) is 9.58 Å². The maximum atomic E-state index is 14.8. The van der Waals surface area contributed by atoms with E-state index in [1.165, 1.54) is 0 Å². The third-order valence-corrected chi connectivity index (χ3v) is 15.0. The van der Waals surface area contributed by atoms with E-state index in [1.807, 2.05) is 91.0 Å². The summed E-state index contributed by atoms with van der Waals surface area (Å²) in [7, 11) is -3.22. The minimum absolute atomic E-state index is 0.317. The molecule has 0 heterocycles. The van der Waals surface area contributed by atoms with Gasteiger partial charge in [0.15, 0.2) is 5.50 Å². The Morgan fingerprint density at radius 1 is 0.692 bits per heavy atom. The Morgan fingerprint density at radius 3 is 1.44 bits per heavy atom. The van der Waals surface area contributed by atoms with Crippen molar-refractivity contribution in [3.05, 3.63) is 125 Å². The van der Waals surface area contributed by atoms with Gasteiger partial charge in [0.05, 0.1) is 0 Å². The monoisotopic (exact) mass is 744 g/mol. The molecule has 0 aliphatic heterocycles. The van der Waals surface area contributed by atoms with Crippen LogP contribution in [0.15, 0.2) is 120 Å². The number of hydrogen-bond donors (Lipinski definition) is 1. The minimum atomic E-state index is -3.22. The molecule has 0 unspecified atom stereocenters. The first kappa shape index (κ1) is 30.5. The number of alkyl halides is 5. The van der Waals surface area contributed by atoms with Crippen LogP contribution in [-0.2, 0) is 4.79 Å². The molecule has 0 saturated carbocycles. The molecule has 1 N–H and O–H groups in total. The van der Waals surface area contributed by atoms with Crippen LogP contribution in [-0.4, -0.2) is 25.0 Å². The van der Waals surface area contributed by atoms with Crippen LogP contribution in [0.4, 0.5) is 0 Å². The van der Waals surface area contributed by atoms with Crippen molar-refractivity contribution in [2.24, 2.45) is 0 Å². The van der Waals surface area contributed by atoms with Crippen LogP contribution < -0.4 is 21.2 Å². The number of Topliss-reactive ketones (excluding diaryl/α,β-unsaturated/α-hetero) is 1. The summed E-state index contributed by atoms with van der Waals surface area (Å²) in [6.07, 6.45) is 0. The fraction of sp³-hybridized carbons (Fsp3) is 0.103. The first-order valence-electron chi connectivity index (χ1n) is 11.6. The van der Waals surface area contributed by atoms with E-state index in [-0.39, 0.29) is 0 Å². The fourth-order valence-electron chi connectivity index (χ4n) is 4.43. The highest BCUT2D eigenvalue weighted by Crippen LogP contribution is 2.69. The van der Waals surface area contributed by atoms with Gasteiger partial charge in [0.1, 0.15) is 23.2 Å². The standard InChI is InChI=1S/C29H20Br2Cl4NO2P/c30-21-18-16-20(17-19-21)25(37)28(31,27(38)36-26(32)29(33,34)35)39(22-10-4-1-5-11-22,23-12-6-2-7-13-23)24-14-8-3-9-15-24/h1-19,26H/p+1/t26-,28-/m0/s1. The van der Waals surface area contributed by atoms with Gasteiger partial charge in [-0.15, -0.1) is 0 Å². The van der Waals surface area contributed by atoms with Gasteiger partial charge in [-0.1, -0.05) is 129 Å². The van der Waals surface area contributed by atoms with E-state index in [0.29, 0.717) is 5.56 Å². The van der Waals surface area contributed by atoms with Crippen LogP contribution in [0.25, 0.3) is 0 Å². The van der Waals surface area contributed by atoms with E-state index >= 15 is 0 Å². The molecule has 1 amide bonds. The SMILES string of the molecule is O=C(N[C@H](Cl)C(Cl)(Cl)Cl)[C@](Br)(C(=O)c1ccc(Br)cc1)[P+](c1ccccc1)(c1ccccc1)c1ccccc1. The molecule has 0 aliphatic rings. The largest absolute Gasteiger partial charge is 0.331 e. The number of nitrogens with one attached hydrogen (secondary N) is 1. The highest BCUT2D eigenvalue weighted by molar-refractivity contribution is 9.12. The Morgan fingerprint density at radius 2 is 1.08 bits per heavy atom. The number of carbonyl (C=O) groups is 2. The minimum Gasteiger partial charge on any atom is -0.331 e. The van der Waals surface area contributed by atoms with Crippen molar-refractivity contribution < 1.29 is 9.59 Å². The van der Waals surface area contributed by atoms with E-state index in [9.17, 15) is 9.59 Å². The number of benzene rings is 4. The summed E-state index contributed by atoms with van der Waals surface area (Å²) >= 11 is 31.7. The van der Waals surface area contributed by atoms with Crippen molar-refractivity contribution in [3.8, 4) is 0 Å². The molecule has 0 aromatic heterocycles. The normalized spacial score (nSPS) is 14.2. The summed E-state index contributed by atoms with van der Waals surface area (Å²) in [6.45, 7) is 0. The predicted octanol–water partition coefficient (Wildman–Crippen LogP) is 7.77. The molecule has 4 rings (SSSR count). The van der Waals surface area contributed by atoms with E-state index in [2.05, 4.69) is 37.2 Å². The lowest BCUT2D eigenvalue weighted by atomic mass is 10.1. The van der Waals surface area contributed by atoms with Crippen LogP contribution >= 0.6 is 85.5 Å². The molecule has 4 aromatic rings. The Kier molecular flexibility index (Phi) is 9.87. The van der Waals surface area contributed by atoms with Crippen LogP contribution in [0.1, 0.15) is 10.4 Å². The Hall–Kier alpha value is -1.43. The smallest absolute Gasteiger partial charge is 0.285 e. The highest BCUT2D eigenvalue weighted by Gasteiger charge is 2.70. The number of hydrogen-bond acceptors (Lipinski definition) is 2. The maximum Gasteiger partial charge on any atom is 0.285 e. The molecule has 0 bridgehead atoms. The Bertz CT molecular complexity index is 1340. The second-order valence-corrected chi connectivity index (χ2v) is 17.6. The van der Waals surface area contributed by atoms with Gasteiger partial charge in [0.25, 0.3) is 9.97 Å². The summed E-state index contributed by atoms with van der Waals surface area (Å²) in [5.41, 5.74) is -1.11. The average molecular weight is 748 g/mol. The third-order valence-electron chi connectivity index (χ3n) is 6.15. The lowest BCUT2D eigenvalue weighted by Crippen LogP contribution is -2.59. The highest BCUT2D eigenvalue weighted by atomic mass is 79.9. The number of ketones is 1. The predicted molar refractivity (Wildman–Crippen MR) is 173 cm³/mol. The molecule has 3 nitrogen and oxygen atoms in total. The Labute approximate surface area is 264 Å². The van der Waals surface area contributed by atoms with Crippen molar-refractivity contribution >= 4 is 113 Å². The van der Waals surface area contributed by atoms with Crippen molar-refractivity contribution in [2.75, 3.05) is 0 Å². The molecule has 39 heavy (non-hydrogen) atoms. The number of amides is 1. The first-order valence-corrected chi connectivity index (χ1v) is 16.5. The van der Waals surface area contributed by atoms with Crippen LogP contribution in [0, 0.1) is 0 Å². The van der Waals surface area contributed by atoms with E-state index in [0.717, 1.165) is 20.4 Å². The summed E-state index contributed by atoms with van der Waals surface area (Å²) in [5.74, 6) is -1.20. The van der Waals surface area contributed by atoms with Gasteiger partial charge in [-0.05, 0) is 64.5 Å². The van der Waals surface area contributed by atoms with Crippen LogP contribution in [0.5, 0.6) is 0 Å². The molecular weight excluding hydrogens is 727 g/mol. The quantitative estimate of drug-likeness (QED) is 0.0659. The molecule has 10 heteroatoms. The van der Waals surface area contributed by atoms with Crippen molar-refractivity contribution in [3.63, 3.8) is 0 Å². The molecule has 0 spiro atoms. The molecular formula is C29H21Br2Cl4NO2P+. The lowest BCUT2D eigenvalue weighted by Gasteiger charge is -2.39. The molecule has 0 saturated heterocycles. The molecule has 0 radical (unpaired) electrons. The number of carbonyl (C=O) groups excluding carboxylic acids is 2. The number of halogens is 6. The summed E-state index contributed by atoms with van der Waals surface area (Å²) < 4.78 is -3.14. The molecule has 200 valence electrons. The summed E-state index contributed by atoms with van der Waals surface area (Å²) in [6, 6.07) is 35.4. The van der Waals surface area contributed by atoms with E-state index < -0.39 is 32.3 Å². The van der Waals surface area contributed by atoms with Crippen molar-refractivity contribution in [1.29, 1.82) is 0 Å². The molecule has 0 fully saturated rings. The second kappa shape index (κ2) is 12.6. The van der Waals surface area contributed by atoms with Gasteiger partial charge in [0, 0.05) is 10.0 Å². The van der Waals surface area contributed by atoms with Gasteiger partial charge in [-0.25, -0.2) is 0 Å². The van der Waals surface area contributed by atoms with Gasteiger partial charge < -0.3 is 5.32 Å². The van der Waals surface area contributed by atoms with Gasteiger partial charge in [-0.3, -0.25) is 9.59 Å². The summed E-state index contributed by atoms with van der Waals surface area (Å²) in [5, 5.41) is 4.99. The first-order chi connectivity index (χ1) is 18.5. The zero-order valence-electron chi connectivity index (χ0n) is 20.1. The zero-order chi connectivity index (χ0) is 28.3. The fourth-order valence-corrected chi connectivity index (χ4v) is 11.8. The van der Waals surface area contributed by atoms with E-state index in [1.54, 1.807) is 24.3 Å². The summed E-state index contributed by atoms with van der Waals surface area (Å²) in [4.78, 5) is 29.3. The van der Waals surface area contributed by atoms with E-state index in [4.69, 9.17) is 46.4 Å². The average Bonchev–Trinajstić information content (AvgIpc) is 2.94. The topological polar surface area (TPSA) is 46.2 Å². The maximum absolute atomic E-state index is 14.8. The molecule has 2 atom stereocenters. The third kappa shape index (κ3) is 5.97. The molecule has 0 aliphatic carbocycles. The van der Waals surface area contributed by atoms with Gasteiger partial charge in [-0.2, -0.15) is 0 Å². The van der Waals surface area contributed by atoms with Crippen LogP contribution in [0.2, 0.25) is 0 Å². The van der Waals surface area contributed by atoms with Gasteiger partial charge >= 0.3 is 0 Å².